The second-order valence-corrected chi connectivity index (χ2v) is 6.84. The van der Waals surface area contributed by atoms with E-state index in [1.807, 2.05) is 19.1 Å². The first-order valence-electron chi connectivity index (χ1n) is 8.72. The third-order valence-electron chi connectivity index (χ3n) is 3.68. The summed E-state index contributed by atoms with van der Waals surface area (Å²) in [5.41, 5.74) is 0.473. The molecule has 3 aromatic rings. The predicted octanol–water partition coefficient (Wildman–Crippen LogP) is 4.41. The van der Waals surface area contributed by atoms with Gasteiger partial charge in [-0.3, -0.25) is 4.79 Å². The van der Waals surface area contributed by atoms with E-state index in [1.165, 1.54) is 29.7 Å². The van der Waals surface area contributed by atoms with Crippen LogP contribution in [0.15, 0.2) is 54.7 Å². The first-order chi connectivity index (χ1) is 13.6. The van der Waals surface area contributed by atoms with Crippen molar-refractivity contribution < 1.29 is 18.7 Å². The minimum Gasteiger partial charge on any atom is -0.447 e. The van der Waals surface area contributed by atoms with Crippen molar-refractivity contribution in [2.24, 2.45) is 0 Å². The van der Waals surface area contributed by atoms with Gasteiger partial charge < -0.3 is 20.1 Å². The molecule has 146 valence electrons. The van der Waals surface area contributed by atoms with Crippen LogP contribution in [0.1, 0.15) is 22.2 Å². The molecule has 2 aromatic heterocycles. The Morgan fingerprint density at radius 1 is 1.14 bits per heavy atom. The molecule has 0 aliphatic carbocycles. The largest absolute Gasteiger partial charge is 0.447 e. The number of hydrogen-bond donors (Lipinski definition) is 2. The van der Waals surface area contributed by atoms with Gasteiger partial charge in [0.2, 0.25) is 0 Å². The van der Waals surface area contributed by atoms with Crippen LogP contribution >= 0.6 is 11.3 Å². The number of rotatable bonds is 9. The second kappa shape index (κ2) is 9.82. The number of aromatic nitrogens is 1. The quantitative estimate of drug-likeness (QED) is 0.410. The number of hydrogen-bond acceptors (Lipinski definition) is 6. The summed E-state index contributed by atoms with van der Waals surface area (Å²) in [5.74, 6) is 0.682. The third-order valence-corrected chi connectivity index (χ3v) is 4.64. The molecule has 0 aliphatic rings. The van der Waals surface area contributed by atoms with Crippen molar-refractivity contribution in [2.75, 3.05) is 18.7 Å². The molecule has 0 unspecified atom stereocenters. The topological polar surface area (TPSA) is 72.5 Å². The molecule has 2 N–H and O–H groups in total. The fourth-order valence-electron chi connectivity index (χ4n) is 2.26. The molecule has 2 heterocycles. The molecule has 0 saturated carbocycles. The first-order valence-corrected chi connectivity index (χ1v) is 9.53. The minimum atomic E-state index is -0.311. The minimum absolute atomic E-state index is 0.210. The van der Waals surface area contributed by atoms with E-state index in [0.717, 1.165) is 4.88 Å². The van der Waals surface area contributed by atoms with Crippen LogP contribution in [-0.2, 0) is 11.3 Å². The smallest absolute Gasteiger partial charge is 0.253 e. The van der Waals surface area contributed by atoms with Crippen molar-refractivity contribution in [3.05, 3.63) is 71.0 Å². The van der Waals surface area contributed by atoms with Gasteiger partial charge in [0.25, 0.3) is 5.91 Å². The first kappa shape index (κ1) is 19.8. The fourth-order valence-corrected chi connectivity index (χ4v) is 3.07. The van der Waals surface area contributed by atoms with Crippen LogP contribution in [0.25, 0.3) is 0 Å². The summed E-state index contributed by atoms with van der Waals surface area (Å²) in [7, 11) is 0. The molecular formula is C20H20FN3O3S. The average molecular weight is 401 g/mol. The van der Waals surface area contributed by atoms with Gasteiger partial charge in [0.15, 0.2) is 5.06 Å². The SMILES string of the molecule is CCOCNc1ccc(C(=O)NCc2ccc(Oc3ccc(F)cc3)s2)cn1. The van der Waals surface area contributed by atoms with E-state index in [4.69, 9.17) is 9.47 Å². The van der Waals surface area contributed by atoms with Crippen LogP contribution in [-0.4, -0.2) is 24.2 Å². The molecule has 1 aromatic carbocycles. The lowest BCUT2D eigenvalue weighted by molar-refractivity contribution is 0.0951. The van der Waals surface area contributed by atoms with E-state index in [-0.39, 0.29) is 11.7 Å². The van der Waals surface area contributed by atoms with Crippen LogP contribution in [0.5, 0.6) is 10.8 Å². The normalized spacial score (nSPS) is 10.5. The van der Waals surface area contributed by atoms with Crippen LogP contribution in [0.4, 0.5) is 10.2 Å². The zero-order chi connectivity index (χ0) is 19.8. The molecule has 0 aliphatic heterocycles. The summed E-state index contributed by atoms with van der Waals surface area (Å²) < 4.78 is 23.8. The summed E-state index contributed by atoms with van der Waals surface area (Å²) in [6, 6.07) is 12.9. The van der Waals surface area contributed by atoms with Crippen LogP contribution in [0, 0.1) is 5.82 Å². The van der Waals surface area contributed by atoms with E-state index >= 15 is 0 Å². The Morgan fingerprint density at radius 2 is 1.96 bits per heavy atom. The lowest BCUT2D eigenvalue weighted by atomic mass is 10.2. The Labute approximate surface area is 166 Å². The van der Waals surface area contributed by atoms with Gasteiger partial charge in [-0.05, 0) is 55.5 Å². The molecule has 0 saturated heterocycles. The van der Waals surface area contributed by atoms with Crippen molar-refractivity contribution >= 4 is 23.1 Å². The van der Waals surface area contributed by atoms with Gasteiger partial charge in [0.1, 0.15) is 24.1 Å². The van der Waals surface area contributed by atoms with Crippen LogP contribution in [0.2, 0.25) is 0 Å². The molecule has 0 fully saturated rings. The van der Waals surface area contributed by atoms with E-state index in [1.54, 1.807) is 24.3 Å². The Bertz CT molecular complexity index is 898. The number of benzene rings is 1. The van der Waals surface area contributed by atoms with Crippen molar-refractivity contribution in [2.45, 2.75) is 13.5 Å². The molecule has 8 heteroatoms. The lowest BCUT2D eigenvalue weighted by Gasteiger charge is -2.07. The molecule has 6 nitrogen and oxygen atoms in total. The molecule has 28 heavy (non-hydrogen) atoms. The standard InChI is InChI=1S/C20H20FN3O3S/c1-2-26-13-24-18-9-3-14(11-22-18)20(25)23-12-17-8-10-19(28-17)27-16-6-4-15(21)5-7-16/h3-11H,2,12-13H2,1H3,(H,22,24)(H,23,25). The van der Waals surface area contributed by atoms with Gasteiger partial charge >= 0.3 is 0 Å². The zero-order valence-corrected chi connectivity index (χ0v) is 16.1. The summed E-state index contributed by atoms with van der Waals surface area (Å²) in [6.07, 6.45) is 1.51. The van der Waals surface area contributed by atoms with E-state index < -0.39 is 0 Å². The number of amides is 1. The second-order valence-electron chi connectivity index (χ2n) is 5.71. The summed E-state index contributed by atoms with van der Waals surface area (Å²) >= 11 is 1.41. The number of ether oxygens (including phenoxy) is 2. The van der Waals surface area contributed by atoms with Gasteiger partial charge in [-0.15, -0.1) is 11.3 Å². The Hall–Kier alpha value is -2.97. The summed E-state index contributed by atoms with van der Waals surface area (Å²) in [6.45, 7) is 3.28. The number of carbonyl (C=O) groups excluding carboxylic acids is 1. The van der Waals surface area contributed by atoms with Crippen molar-refractivity contribution in [1.29, 1.82) is 0 Å². The molecular weight excluding hydrogens is 381 g/mol. The molecule has 3 rings (SSSR count). The van der Waals surface area contributed by atoms with Gasteiger partial charge in [-0.25, -0.2) is 9.37 Å². The fraction of sp³-hybridized carbons (Fsp3) is 0.200. The van der Waals surface area contributed by atoms with Crippen LogP contribution < -0.4 is 15.4 Å². The number of pyridine rings is 1. The molecule has 1 amide bonds. The molecule has 0 radical (unpaired) electrons. The Morgan fingerprint density at radius 3 is 2.68 bits per heavy atom. The van der Waals surface area contributed by atoms with Crippen molar-refractivity contribution in [1.82, 2.24) is 10.3 Å². The highest BCUT2D eigenvalue weighted by Crippen LogP contribution is 2.29. The molecule has 0 bridgehead atoms. The Kier molecular flexibility index (Phi) is 6.94. The maximum absolute atomic E-state index is 12.9. The van der Waals surface area contributed by atoms with Crippen molar-refractivity contribution in [3.63, 3.8) is 0 Å². The number of anilines is 1. The van der Waals surface area contributed by atoms with Gasteiger partial charge in [-0.1, -0.05) is 0 Å². The zero-order valence-electron chi connectivity index (χ0n) is 15.3. The third kappa shape index (κ3) is 5.77. The van der Waals surface area contributed by atoms with Gasteiger partial charge in [0, 0.05) is 17.7 Å². The van der Waals surface area contributed by atoms with E-state index in [2.05, 4.69) is 15.6 Å². The predicted molar refractivity (Wildman–Crippen MR) is 106 cm³/mol. The highest BCUT2D eigenvalue weighted by atomic mass is 32.1. The monoisotopic (exact) mass is 401 g/mol. The number of nitrogens with zero attached hydrogens (tertiary/aromatic N) is 1. The average Bonchev–Trinajstić information content (AvgIpc) is 3.16. The summed E-state index contributed by atoms with van der Waals surface area (Å²) in [5, 5.41) is 6.52. The maximum Gasteiger partial charge on any atom is 0.253 e. The number of halogens is 1. The Balaban J connectivity index is 1.49. The van der Waals surface area contributed by atoms with E-state index in [9.17, 15) is 9.18 Å². The maximum atomic E-state index is 12.9. The molecule has 0 spiro atoms. The number of thiophene rings is 1. The summed E-state index contributed by atoms with van der Waals surface area (Å²) in [4.78, 5) is 17.4. The molecule has 0 atom stereocenters. The number of carbonyl (C=O) groups is 1. The highest BCUT2D eigenvalue weighted by Gasteiger charge is 2.08. The van der Waals surface area contributed by atoms with Crippen molar-refractivity contribution in [3.8, 4) is 10.8 Å². The van der Waals surface area contributed by atoms with Crippen LogP contribution in [0.3, 0.4) is 0 Å². The lowest BCUT2D eigenvalue weighted by Crippen LogP contribution is -2.22. The highest BCUT2D eigenvalue weighted by molar-refractivity contribution is 7.13. The van der Waals surface area contributed by atoms with Gasteiger partial charge in [-0.2, -0.15) is 0 Å². The van der Waals surface area contributed by atoms with Gasteiger partial charge in [0.05, 0.1) is 12.1 Å². The number of nitrogens with one attached hydrogen (secondary N) is 2. The van der Waals surface area contributed by atoms with E-state index in [0.29, 0.717) is 42.1 Å².